The van der Waals surface area contributed by atoms with Gasteiger partial charge in [-0.2, -0.15) is 0 Å². The van der Waals surface area contributed by atoms with E-state index in [9.17, 15) is 0 Å². The van der Waals surface area contributed by atoms with E-state index in [1.165, 1.54) is 38.5 Å². The molecule has 78 valence electrons. The van der Waals surface area contributed by atoms with E-state index in [4.69, 9.17) is 5.11 Å². The molecule has 0 bridgehead atoms. The molecule has 0 saturated carbocycles. The van der Waals surface area contributed by atoms with Crippen molar-refractivity contribution in [1.82, 2.24) is 0 Å². The summed E-state index contributed by atoms with van der Waals surface area (Å²) in [6.45, 7) is 4.49. The van der Waals surface area contributed by atoms with Crippen LogP contribution in [0.5, 0.6) is 0 Å². The molecule has 0 aliphatic carbocycles. The van der Waals surface area contributed by atoms with Gasteiger partial charge in [-0.1, -0.05) is 52.4 Å². The van der Waals surface area contributed by atoms with Crippen molar-refractivity contribution < 1.29 is 5.11 Å². The summed E-state index contributed by atoms with van der Waals surface area (Å²) in [7, 11) is 0. The van der Waals surface area contributed by atoms with Gasteiger partial charge in [-0.15, -0.1) is 0 Å². The van der Waals surface area contributed by atoms with Crippen molar-refractivity contribution in [2.24, 2.45) is 5.92 Å². The molecule has 0 aliphatic rings. The number of aliphatic hydroxyl groups excluding tert-OH is 1. The van der Waals surface area contributed by atoms with Gasteiger partial charge in [-0.25, -0.2) is 0 Å². The van der Waals surface area contributed by atoms with Gasteiger partial charge in [-0.3, -0.25) is 0 Å². The van der Waals surface area contributed by atoms with Gasteiger partial charge in [0.1, 0.15) is 0 Å². The van der Waals surface area contributed by atoms with Crippen LogP contribution in [0.25, 0.3) is 0 Å². The van der Waals surface area contributed by atoms with Crippen LogP contribution >= 0.6 is 0 Å². The van der Waals surface area contributed by atoms with Crippen molar-refractivity contribution in [1.29, 1.82) is 0 Å². The van der Waals surface area contributed by atoms with Gasteiger partial charge in [0.15, 0.2) is 0 Å². The van der Waals surface area contributed by atoms with Gasteiger partial charge in [-0.05, 0) is 18.4 Å². The molecule has 1 heteroatoms. The number of unbranched alkanes of at least 4 members (excludes halogenated alkanes) is 4. The van der Waals surface area contributed by atoms with Crippen LogP contribution in [-0.4, -0.2) is 5.11 Å². The summed E-state index contributed by atoms with van der Waals surface area (Å²) in [5.74, 6) is 0.727. The van der Waals surface area contributed by atoms with E-state index in [2.05, 4.69) is 13.8 Å². The zero-order chi connectivity index (χ0) is 9.94. The first-order chi connectivity index (χ1) is 6.31. The number of rotatable bonds is 8. The molecule has 0 amide bonds. The molecule has 13 heavy (non-hydrogen) atoms. The van der Waals surface area contributed by atoms with E-state index in [0.29, 0.717) is 0 Å². The Morgan fingerprint density at radius 3 is 2.46 bits per heavy atom. The largest absolute Gasteiger partial charge is 0.516 e. The van der Waals surface area contributed by atoms with E-state index >= 15 is 0 Å². The van der Waals surface area contributed by atoms with Crippen LogP contribution in [0, 0.1) is 5.92 Å². The van der Waals surface area contributed by atoms with Crippen LogP contribution in [0.1, 0.15) is 58.8 Å². The molecule has 0 unspecified atom stereocenters. The van der Waals surface area contributed by atoms with Gasteiger partial charge < -0.3 is 5.11 Å². The van der Waals surface area contributed by atoms with Crippen LogP contribution in [0.2, 0.25) is 0 Å². The van der Waals surface area contributed by atoms with Crippen LogP contribution in [0.4, 0.5) is 0 Å². The lowest BCUT2D eigenvalue weighted by Gasteiger charge is -2.07. The van der Waals surface area contributed by atoms with Crippen LogP contribution in [-0.2, 0) is 0 Å². The summed E-state index contributed by atoms with van der Waals surface area (Å²) in [6.07, 6.45) is 12.1. The third-order valence-electron chi connectivity index (χ3n) is 2.44. The topological polar surface area (TPSA) is 20.2 Å². The molecule has 0 aliphatic heterocycles. The SMILES string of the molecule is CCCCCCC[C@H](C)CC=CO. The maximum Gasteiger partial charge on any atom is 0.0751 e. The van der Waals surface area contributed by atoms with Gasteiger partial charge >= 0.3 is 0 Å². The van der Waals surface area contributed by atoms with E-state index < -0.39 is 0 Å². The van der Waals surface area contributed by atoms with E-state index in [-0.39, 0.29) is 0 Å². The Kier molecular flexibility index (Phi) is 9.29. The molecule has 1 nitrogen and oxygen atoms in total. The highest BCUT2D eigenvalue weighted by Crippen LogP contribution is 2.14. The smallest absolute Gasteiger partial charge is 0.0751 e. The van der Waals surface area contributed by atoms with Crippen molar-refractivity contribution in [3.8, 4) is 0 Å². The first-order valence-corrected chi connectivity index (χ1v) is 5.60. The van der Waals surface area contributed by atoms with Crippen LogP contribution in [0.3, 0.4) is 0 Å². The zero-order valence-electron chi connectivity index (χ0n) is 9.13. The predicted molar refractivity (Wildman–Crippen MR) is 58.9 cm³/mol. The zero-order valence-corrected chi connectivity index (χ0v) is 9.13. The fourth-order valence-corrected chi connectivity index (χ4v) is 1.51. The second-order valence-electron chi connectivity index (χ2n) is 3.93. The lowest BCUT2D eigenvalue weighted by molar-refractivity contribution is 0.455. The Bertz CT molecular complexity index is 118. The molecule has 0 spiro atoms. The quantitative estimate of drug-likeness (QED) is 0.436. The fraction of sp³-hybridized carbons (Fsp3) is 0.833. The lowest BCUT2D eigenvalue weighted by Crippen LogP contribution is -1.92. The summed E-state index contributed by atoms with van der Waals surface area (Å²) in [6, 6.07) is 0. The van der Waals surface area contributed by atoms with Gasteiger partial charge in [0.25, 0.3) is 0 Å². The van der Waals surface area contributed by atoms with Crippen molar-refractivity contribution in [2.75, 3.05) is 0 Å². The number of hydrogen-bond donors (Lipinski definition) is 1. The predicted octanol–water partition coefficient (Wildman–Crippen LogP) is 4.44. The van der Waals surface area contributed by atoms with Crippen molar-refractivity contribution >= 4 is 0 Å². The number of hydrogen-bond acceptors (Lipinski definition) is 1. The average molecular weight is 184 g/mol. The molecule has 1 N–H and O–H groups in total. The standard InChI is InChI=1S/C12H24O/c1-3-4-5-6-7-9-12(2)10-8-11-13/h8,11-13H,3-7,9-10H2,1-2H3/t12-/m0/s1. The highest BCUT2D eigenvalue weighted by molar-refractivity contribution is 4.74. The second kappa shape index (κ2) is 9.63. The third-order valence-corrected chi connectivity index (χ3v) is 2.44. The summed E-state index contributed by atoms with van der Waals surface area (Å²) in [5, 5.41) is 8.48. The number of aliphatic hydroxyl groups is 1. The summed E-state index contributed by atoms with van der Waals surface area (Å²) < 4.78 is 0. The minimum atomic E-state index is 0.727. The second-order valence-corrected chi connectivity index (χ2v) is 3.93. The summed E-state index contributed by atoms with van der Waals surface area (Å²) in [5.41, 5.74) is 0. The summed E-state index contributed by atoms with van der Waals surface area (Å²) >= 11 is 0. The van der Waals surface area contributed by atoms with Crippen molar-refractivity contribution in [3.05, 3.63) is 12.3 Å². The van der Waals surface area contributed by atoms with E-state index in [1.807, 2.05) is 6.08 Å². The molecule has 0 saturated heterocycles. The molecular weight excluding hydrogens is 160 g/mol. The molecular formula is C12H24O. The maximum atomic E-state index is 8.48. The van der Waals surface area contributed by atoms with E-state index in [1.54, 1.807) is 0 Å². The lowest BCUT2D eigenvalue weighted by atomic mass is 9.99. The molecule has 0 radical (unpaired) electrons. The normalized spacial score (nSPS) is 13.7. The maximum absolute atomic E-state index is 8.48. The molecule has 0 rings (SSSR count). The molecule has 0 aromatic carbocycles. The first kappa shape index (κ1) is 12.5. The van der Waals surface area contributed by atoms with Gasteiger partial charge in [0.2, 0.25) is 0 Å². The highest BCUT2D eigenvalue weighted by Gasteiger charge is 1.98. The van der Waals surface area contributed by atoms with Crippen LogP contribution < -0.4 is 0 Å². The molecule has 1 atom stereocenters. The molecule has 0 aromatic rings. The summed E-state index contributed by atoms with van der Waals surface area (Å²) in [4.78, 5) is 0. The minimum Gasteiger partial charge on any atom is -0.516 e. The third kappa shape index (κ3) is 9.45. The Labute approximate surface area is 82.9 Å². The highest BCUT2D eigenvalue weighted by atomic mass is 16.2. The Balaban J connectivity index is 3.12. The minimum absolute atomic E-state index is 0.727. The molecule has 0 aromatic heterocycles. The van der Waals surface area contributed by atoms with Crippen LogP contribution in [0.15, 0.2) is 12.3 Å². The average Bonchev–Trinajstić information content (AvgIpc) is 2.14. The monoisotopic (exact) mass is 184 g/mol. The van der Waals surface area contributed by atoms with E-state index in [0.717, 1.165) is 18.6 Å². The Morgan fingerprint density at radius 1 is 1.15 bits per heavy atom. The van der Waals surface area contributed by atoms with Gasteiger partial charge in [0, 0.05) is 0 Å². The Hall–Kier alpha value is -0.460. The number of allylic oxidation sites excluding steroid dienone is 1. The van der Waals surface area contributed by atoms with Gasteiger partial charge in [0.05, 0.1) is 6.26 Å². The molecule has 0 heterocycles. The Morgan fingerprint density at radius 2 is 1.85 bits per heavy atom. The van der Waals surface area contributed by atoms with Crippen molar-refractivity contribution in [2.45, 2.75) is 58.8 Å². The first-order valence-electron chi connectivity index (χ1n) is 5.60. The van der Waals surface area contributed by atoms with Crippen molar-refractivity contribution in [3.63, 3.8) is 0 Å². The molecule has 0 fully saturated rings. The fourth-order valence-electron chi connectivity index (χ4n) is 1.51.